The summed E-state index contributed by atoms with van der Waals surface area (Å²) in [5.74, 6) is 0.0397. The molecule has 7 nitrogen and oxygen atoms in total. The number of primary amides is 1. The molecule has 3 N–H and O–H groups in total. The molecule has 2 heterocycles. The molecule has 2 aromatic heterocycles. The Bertz CT molecular complexity index is 1210. The lowest BCUT2D eigenvalue weighted by atomic mass is 10.1. The van der Waals surface area contributed by atoms with E-state index >= 15 is 0 Å². The fourth-order valence-corrected chi connectivity index (χ4v) is 4.08. The number of carbonyl (C=O) groups is 2. The Morgan fingerprint density at radius 1 is 1.17 bits per heavy atom. The molecule has 4 rings (SSSR count). The van der Waals surface area contributed by atoms with Gasteiger partial charge in [0.05, 0.1) is 24.1 Å². The number of thiazole rings is 1. The number of aryl methyl sites for hydroxylation is 1. The van der Waals surface area contributed by atoms with E-state index in [1.807, 2.05) is 40.2 Å². The number of imidazole rings is 1. The molecule has 0 saturated heterocycles. The van der Waals surface area contributed by atoms with E-state index in [0.717, 1.165) is 27.7 Å². The number of anilines is 1. The van der Waals surface area contributed by atoms with Crippen molar-refractivity contribution in [3.05, 3.63) is 71.4 Å². The van der Waals surface area contributed by atoms with Crippen molar-refractivity contribution in [1.29, 1.82) is 0 Å². The number of hydrogen-bond donors (Lipinski definition) is 2. The molecule has 0 aliphatic heterocycles. The molecule has 0 unspecified atom stereocenters. The second-order valence-corrected chi connectivity index (χ2v) is 7.53. The number of hydrogen-bond acceptors (Lipinski definition) is 5. The summed E-state index contributed by atoms with van der Waals surface area (Å²) in [5, 5.41) is 4.78. The molecule has 2 amide bonds. The number of ether oxygens (including phenoxy) is 1. The van der Waals surface area contributed by atoms with Gasteiger partial charge in [0.25, 0.3) is 5.91 Å². The van der Waals surface area contributed by atoms with Crippen molar-refractivity contribution in [2.75, 3.05) is 12.4 Å². The van der Waals surface area contributed by atoms with Gasteiger partial charge in [-0.2, -0.15) is 0 Å². The first-order chi connectivity index (χ1) is 14.5. The zero-order valence-electron chi connectivity index (χ0n) is 16.3. The molecule has 4 aromatic rings. The van der Waals surface area contributed by atoms with Crippen LogP contribution in [0.15, 0.2) is 60.1 Å². The van der Waals surface area contributed by atoms with Crippen LogP contribution in [0.1, 0.15) is 22.5 Å². The molecule has 0 aliphatic rings. The Morgan fingerprint density at radius 3 is 2.67 bits per heavy atom. The van der Waals surface area contributed by atoms with Crippen molar-refractivity contribution in [3.63, 3.8) is 0 Å². The highest BCUT2D eigenvalue weighted by molar-refractivity contribution is 7.15. The first kappa shape index (κ1) is 19.7. The fraction of sp³-hybridized carbons (Fsp3) is 0.136. The number of rotatable bonds is 7. The molecule has 0 saturated carbocycles. The Kier molecular flexibility index (Phi) is 5.49. The van der Waals surface area contributed by atoms with Crippen LogP contribution in [0, 0.1) is 0 Å². The molecule has 0 radical (unpaired) electrons. The number of nitrogens with zero attached hydrogens (tertiary/aromatic N) is 2. The van der Waals surface area contributed by atoms with E-state index in [2.05, 4.69) is 10.3 Å². The van der Waals surface area contributed by atoms with Gasteiger partial charge in [0, 0.05) is 29.3 Å². The predicted octanol–water partition coefficient (Wildman–Crippen LogP) is 3.74. The molecule has 0 aliphatic carbocycles. The van der Waals surface area contributed by atoms with Gasteiger partial charge in [-0.15, -0.1) is 11.3 Å². The van der Waals surface area contributed by atoms with Crippen molar-refractivity contribution < 1.29 is 14.3 Å². The van der Waals surface area contributed by atoms with Crippen molar-refractivity contribution in [2.45, 2.75) is 12.8 Å². The number of carbonyl (C=O) groups excluding carboxylic acids is 2. The van der Waals surface area contributed by atoms with Crippen LogP contribution >= 0.6 is 11.3 Å². The van der Waals surface area contributed by atoms with Crippen molar-refractivity contribution >= 4 is 33.8 Å². The Balaban J connectivity index is 1.46. The number of methoxy groups -OCH3 is 1. The summed E-state index contributed by atoms with van der Waals surface area (Å²) in [4.78, 5) is 29.5. The number of para-hydroxylation sites is 1. The molecular weight excluding hydrogens is 400 g/mol. The maximum atomic E-state index is 12.4. The first-order valence-corrected chi connectivity index (χ1v) is 10.2. The third-order valence-electron chi connectivity index (χ3n) is 4.74. The average molecular weight is 420 g/mol. The summed E-state index contributed by atoms with van der Waals surface area (Å²) in [7, 11) is 1.64. The lowest BCUT2D eigenvalue weighted by molar-refractivity contribution is -0.116. The van der Waals surface area contributed by atoms with E-state index in [0.29, 0.717) is 17.7 Å². The van der Waals surface area contributed by atoms with Gasteiger partial charge in [0.15, 0.2) is 4.96 Å². The third-order valence-corrected chi connectivity index (χ3v) is 5.63. The Labute approximate surface area is 177 Å². The van der Waals surface area contributed by atoms with Gasteiger partial charge in [-0.05, 0) is 42.8 Å². The average Bonchev–Trinajstić information content (AvgIpc) is 3.34. The summed E-state index contributed by atoms with van der Waals surface area (Å²) in [6.07, 6.45) is 2.79. The third kappa shape index (κ3) is 4.04. The standard InChI is InChI=1S/C22H20N4O3S/c1-29-16-9-6-14(7-10-16)19-12-26-15(13-30-22(26)25-19)8-11-20(27)24-18-5-3-2-4-17(18)21(23)28/h2-7,9-10,12-13H,8,11H2,1H3,(H2,23,28)(H,24,27). The zero-order valence-corrected chi connectivity index (χ0v) is 17.1. The van der Waals surface area contributed by atoms with Gasteiger partial charge >= 0.3 is 0 Å². The van der Waals surface area contributed by atoms with Crippen molar-refractivity contribution in [2.24, 2.45) is 5.73 Å². The largest absolute Gasteiger partial charge is 0.497 e. The minimum Gasteiger partial charge on any atom is -0.497 e. The summed E-state index contributed by atoms with van der Waals surface area (Å²) in [6.45, 7) is 0. The van der Waals surface area contributed by atoms with E-state index in [-0.39, 0.29) is 12.3 Å². The molecule has 0 bridgehead atoms. The van der Waals surface area contributed by atoms with Crippen LogP contribution in [0.4, 0.5) is 5.69 Å². The highest BCUT2D eigenvalue weighted by Gasteiger charge is 2.13. The van der Waals surface area contributed by atoms with Gasteiger partial charge in [0.2, 0.25) is 5.91 Å². The lowest BCUT2D eigenvalue weighted by Crippen LogP contribution is -2.18. The molecular formula is C22H20N4O3S. The van der Waals surface area contributed by atoms with Crippen LogP contribution in [-0.2, 0) is 11.2 Å². The smallest absolute Gasteiger partial charge is 0.250 e. The number of nitrogens with one attached hydrogen (secondary N) is 1. The lowest BCUT2D eigenvalue weighted by Gasteiger charge is -2.08. The second kappa shape index (κ2) is 8.38. The molecule has 30 heavy (non-hydrogen) atoms. The molecule has 0 spiro atoms. The van der Waals surface area contributed by atoms with Crippen molar-refractivity contribution in [3.8, 4) is 17.0 Å². The molecule has 0 atom stereocenters. The molecule has 8 heteroatoms. The Hall–Kier alpha value is -3.65. The SMILES string of the molecule is COc1ccc(-c2cn3c(CCC(=O)Nc4ccccc4C(N)=O)csc3n2)cc1. The second-order valence-electron chi connectivity index (χ2n) is 6.69. The number of benzene rings is 2. The number of nitrogens with two attached hydrogens (primary N) is 1. The van der Waals surface area contributed by atoms with E-state index in [1.165, 1.54) is 11.3 Å². The van der Waals surface area contributed by atoms with Gasteiger partial charge in [-0.1, -0.05) is 12.1 Å². The van der Waals surface area contributed by atoms with E-state index in [9.17, 15) is 9.59 Å². The normalized spacial score (nSPS) is 10.8. The van der Waals surface area contributed by atoms with Gasteiger partial charge in [-0.25, -0.2) is 4.98 Å². The summed E-state index contributed by atoms with van der Waals surface area (Å²) >= 11 is 1.53. The number of aromatic nitrogens is 2. The molecule has 152 valence electrons. The topological polar surface area (TPSA) is 98.7 Å². The maximum Gasteiger partial charge on any atom is 0.250 e. The fourth-order valence-electron chi connectivity index (χ4n) is 3.17. The number of fused-ring (bicyclic) bond motifs is 1. The van der Waals surface area contributed by atoms with Gasteiger partial charge in [-0.3, -0.25) is 14.0 Å². The first-order valence-electron chi connectivity index (χ1n) is 9.33. The predicted molar refractivity (Wildman–Crippen MR) is 117 cm³/mol. The minimum atomic E-state index is -0.574. The van der Waals surface area contributed by atoms with Crippen LogP contribution in [0.25, 0.3) is 16.2 Å². The highest BCUT2D eigenvalue weighted by Crippen LogP contribution is 2.26. The minimum absolute atomic E-state index is 0.182. The monoisotopic (exact) mass is 420 g/mol. The molecule has 2 aromatic carbocycles. The van der Waals surface area contributed by atoms with Gasteiger partial charge in [0.1, 0.15) is 5.75 Å². The summed E-state index contributed by atoms with van der Waals surface area (Å²) in [5.41, 5.74) is 8.95. The van der Waals surface area contributed by atoms with E-state index in [4.69, 9.17) is 10.5 Å². The molecule has 0 fully saturated rings. The van der Waals surface area contributed by atoms with Crippen LogP contribution in [0.2, 0.25) is 0 Å². The van der Waals surface area contributed by atoms with Crippen molar-refractivity contribution in [1.82, 2.24) is 9.38 Å². The Morgan fingerprint density at radius 2 is 1.93 bits per heavy atom. The van der Waals surface area contributed by atoms with Crippen LogP contribution in [0.5, 0.6) is 5.75 Å². The summed E-state index contributed by atoms with van der Waals surface area (Å²) < 4.78 is 7.21. The van der Waals surface area contributed by atoms with Crippen LogP contribution in [-0.4, -0.2) is 28.3 Å². The quantitative estimate of drug-likeness (QED) is 0.476. The zero-order chi connectivity index (χ0) is 21.1. The summed E-state index contributed by atoms with van der Waals surface area (Å²) in [6, 6.07) is 14.4. The maximum absolute atomic E-state index is 12.4. The number of amides is 2. The van der Waals surface area contributed by atoms with Crippen LogP contribution < -0.4 is 15.8 Å². The highest BCUT2D eigenvalue weighted by atomic mass is 32.1. The van der Waals surface area contributed by atoms with E-state index < -0.39 is 5.91 Å². The van der Waals surface area contributed by atoms with E-state index in [1.54, 1.807) is 31.4 Å². The van der Waals surface area contributed by atoms with Crippen LogP contribution in [0.3, 0.4) is 0 Å². The van der Waals surface area contributed by atoms with Gasteiger partial charge < -0.3 is 15.8 Å².